The second kappa shape index (κ2) is 18.6. The van der Waals surface area contributed by atoms with Crippen molar-refractivity contribution in [2.45, 2.75) is 34.7 Å². The van der Waals surface area contributed by atoms with Gasteiger partial charge in [-0.15, -0.1) is 0 Å². The van der Waals surface area contributed by atoms with Gasteiger partial charge in [0, 0.05) is 41.3 Å². The molecule has 6 aromatic rings. The number of anilines is 3. The summed E-state index contributed by atoms with van der Waals surface area (Å²) in [7, 11) is -8.08. The highest BCUT2D eigenvalue weighted by Gasteiger charge is 2.41. The number of hydrogen-bond donors (Lipinski definition) is 4. The van der Waals surface area contributed by atoms with E-state index in [0.717, 1.165) is 36.6 Å². The first-order chi connectivity index (χ1) is 31.7. The molecule has 4 aliphatic heterocycles. The zero-order valence-electron chi connectivity index (χ0n) is 35.8. The highest BCUT2D eigenvalue weighted by Crippen LogP contribution is 2.36. The lowest BCUT2D eigenvalue weighted by Gasteiger charge is -2.19. The van der Waals surface area contributed by atoms with E-state index in [0.29, 0.717) is 54.1 Å². The standard InChI is InChI=1S/2C24H22N4O4S.ClH/c2*25-19-8-6-17(7-9-19)23(29)27-13-12-18-14-20(10-11-22(18)27)33(31,32)28-15-21(26-24(28)30)16-4-2-1-3-5-16;/h2*1-11,14,21H,12-13,15,25H2,(H,26,30);1H/t2*21-;/m11./s1. The predicted molar refractivity (Wildman–Crippen MR) is 247 cm³/mol. The van der Waals surface area contributed by atoms with Gasteiger partial charge in [0.1, 0.15) is 5.69 Å². The van der Waals surface area contributed by atoms with Crippen LogP contribution in [0.25, 0.3) is 0 Å². The number of nitrogens with one attached hydrogen (secondary N) is 2. The number of urea groups is 2. The minimum absolute atomic E-state index is 0. The Morgan fingerprint density at radius 1 is 0.552 bits per heavy atom. The number of fused-ring (bicyclic) bond motifs is 2. The van der Waals surface area contributed by atoms with Crippen molar-refractivity contribution in [3.05, 3.63) is 179 Å². The molecule has 16 nitrogen and oxygen atoms in total. The van der Waals surface area contributed by atoms with Crippen LogP contribution in [0, 0.1) is 0 Å². The fourth-order valence-electron chi connectivity index (χ4n) is 8.53. The fraction of sp³-hybridized carbons (Fsp3) is 0.167. The molecule has 0 saturated carbocycles. The van der Waals surface area contributed by atoms with Crippen LogP contribution in [0.2, 0.25) is 0 Å². The topological polar surface area (TPSA) is 227 Å². The molecule has 2 saturated heterocycles. The van der Waals surface area contributed by atoms with E-state index in [4.69, 9.17) is 5.73 Å². The molecular weight excluding hydrogens is 916 g/mol. The van der Waals surface area contributed by atoms with Gasteiger partial charge in [-0.1, -0.05) is 60.7 Å². The lowest BCUT2D eigenvalue weighted by Crippen LogP contribution is -3.00. The van der Waals surface area contributed by atoms with E-state index in [1.54, 1.807) is 82.6 Å². The quantitative estimate of drug-likeness (QED) is 0.164. The Bertz CT molecular complexity index is 2900. The molecule has 344 valence electrons. The molecule has 0 unspecified atom stereocenters. The molecule has 0 aromatic heterocycles. The monoisotopic (exact) mass is 960 g/mol. The summed E-state index contributed by atoms with van der Waals surface area (Å²) in [5, 5.41) is 5.48. The predicted octanol–water partition coefficient (Wildman–Crippen LogP) is 2.15. The molecule has 0 radical (unpaired) electrons. The third kappa shape index (κ3) is 9.03. The van der Waals surface area contributed by atoms with Crippen molar-refractivity contribution in [1.82, 2.24) is 19.2 Å². The van der Waals surface area contributed by atoms with Gasteiger partial charge in [-0.25, -0.2) is 35.0 Å². The summed E-state index contributed by atoms with van der Waals surface area (Å²) in [6.45, 7) is 0.950. The van der Waals surface area contributed by atoms with Crippen LogP contribution in [0.5, 0.6) is 0 Å². The third-order valence-corrected chi connectivity index (χ3v) is 15.6. The average molecular weight is 962 g/mol. The highest BCUT2D eigenvalue weighted by molar-refractivity contribution is 7.90. The number of nitrogen functional groups attached to an aromatic ring is 1. The summed E-state index contributed by atoms with van der Waals surface area (Å²) in [4.78, 5) is 54.3. The highest BCUT2D eigenvalue weighted by atomic mass is 35.5. The summed E-state index contributed by atoms with van der Waals surface area (Å²) >= 11 is 0. The maximum atomic E-state index is 13.3. The zero-order valence-corrected chi connectivity index (χ0v) is 38.2. The van der Waals surface area contributed by atoms with Gasteiger partial charge in [0.2, 0.25) is 0 Å². The van der Waals surface area contributed by atoms with Gasteiger partial charge in [-0.2, -0.15) is 0 Å². The van der Waals surface area contributed by atoms with Crippen molar-refractivity contribution in [2.24, 2.45) is 0 Å². The number of halogens is 1. The van der Waals surface area contributed by atoms with E-state index in [2.05, 4.69) is 16.4 Å². The number of nitrogens with two attached hydrogens (primary N) is 1. The molecule has 7 N–H and O–H groups in total. The number of carbonyl (C=O) groups excluding carboxylic acids is 4. The number of carbonyl (C=O) groups is 4. The van der Waals surface area contributed by atoms with E-state index in [1.807, 2.05) is 60.7 Å². The largest absolute Gasteiger partial charge is 1.00 e. The number of hydrogen-bond acceptors (Lipinski definition) is 9. The summed E-state index contributed by atoms with van der Waals surface area (Å²) in [6, 6.07) is 39.4. The van der Waals surface area contributed by atoms with Gasteiger partial charge in [0.25, 0.3) is 31.9 Å². The SMILES string of the molecule is Nc1ccc(C(=O)N2CCc3cc(S(=O)(=O)N4C[C@H](c5ccccc5)NC4=O)ccc32)cc1.[Cl-].[NH3+]c1ccc(C(=O)N2CCc3cc(S(=O)(=O)N4C[C@H](c5ccccc5)NC4=O)ccc32)cc1. The first-order valence-corrected chi connectivity index (χ1v) is 24.0. The van der Waals surface area contributed by atoms with Gasteiger partial charge in [-0.3, -0.25) is 9.59 Å². The van der Waals surface area contributed by atoms with E-state index in [1.165, 1.54) is 12.1 Å². The van der Waals surface area contributed by atoms with Crippen LogP contribution >= 0.6 is 0 Å². The van der Waals surface area contributed by atoms with Crippen LogP contribution in [-0.4, -0.2) is 75.5 Å². The summed E-state index contributed by atoms with van der Waals surface area (Å²) in [5.74, 6) is -0.317. The molecule has 0 aliphatic carbocycles. The summed E-state index contributed by atoms with van der Waals surface area (Å²) < 4.78 is 54.8. The number of rotatable bonds is 8. The molecule has 4 aliphatic rings. The van der Waals surface area contributed by atoms with E-state index >= 15 is 0 Å². The minimum Gasteiger partial charge on any atom is -1.00 e. The molecular formula is C48H45ClN8O8S2. The number of sulfonamides is 2. The lowest BCUT2D eigenvalue weighted by molar-refractivity contribution is -0.254. The van der Waals surface area contributed by atoms with Crippen LogP contribution in [0.4, 0.5) is 32.3 Å². The van der Waals surface area contributed by atoms with Crippen molar-refractivity contribution in [2.75, 3.05) is 41.7 Å². The Morgan fingerprint density at radius 2 is 0.940 bits per heavy atom. The first kappa shape index (κ1) is 46.3. The molecule has 4 heterocycles. The van der Waals surface area contributed by atoms with Gasteiger partial charge < -0.3 is 44.3 Å². The third-order valence-electron chi connectivity index (χ3n) is 12.1. The number of quaternary nitrogens is 1. The Morgan fingerprint density at radius 3 is 1.34 bits per heavy atom. The van der Waals surface area contributed by atoms with Crippen LogP contribution in [-0.2, 0) is 32.9 Å². The van der Waals surface area contributed by atoms with Gasteiger partial charge in [-0.05, 0) is 120 Å². The Labute approximate surface area is 393 Å². The maximum absolute atomic E-state index is 13.3. The minimum atomic E-state index is -4.04. The van der Waals surface area contributed by atoms with Crippen molar-refractivity contribution in [3.63, 3.8) is 0 Å². The van der Waals surface area contributed by atoms with E-state index in [9.17, 15) is 36.0 Å². The van der Waals surface area contributed by atoms with Crippen molar-refractivity contribution in [3.8, 4) is 0 Å². The van der Waals surface area contributed by atoms with Gasteiger partial charge in [0.15, 0.2) is 0 Å². The summed E-state index contributed by atoms with van der Waals surface area (Å²) in [6.07, 6.45) is 1.06. The zero-order chi connectivity index (χ0) is 46.3. The molecule has 19 heteroatoms. The van der Waals surface area contributed by atoms with Crippen LogP contribution in [0.15, 0.2) is 155 Å². The second-order valence-corrected chi connectivity index (χ2v) is 19.9. The Hall–Kier alpha value is -7.25. The molecule has 10 rings (SSSR count). The first-order valence-electron chi connectivity index (χ1n) is 21.1. The van der Waals surface area contributed by atoms with E-state index in [-0.39, 0.29) is 47.1 Å². The van der Waals surface area contributed by atoms with Gasteiger partial charge in [0.05, 0.1) is 35.0 Å². The second-order valence-electron chi connectivity index (χ2n) is 16.2. The normalized spacial score (nSPS) is 17.4. The molecule has 2 atom stereocenters. The Balaban J connectivity index is 0.000000179. The molecule has 0 bridgehead atoms. The maximum Gasteiger partial charge on any atom is 0.331 e. The smallest absolute Gasteiger partial charge is 0.331 e. The van der Waals surface area contributed by atoms with Crippen molar-refractivity contribution < 1.29 is 54.2 Å². The van der Waals surface area contributed by atoms with Crippen LogP contribution < -0.4 is 44.3 Å². The number of benzene rings is 6. The molecule has 67 heavy (non-hydrogen) atoms. The van der Waals surface area contributed by atoms with Crippen LogP contribution in [0.3, 0.4) is 0 Å². The molecule has 6 amide bonds. The number of amides is 6. The lowest BCUT2D eigenvalue weighted by atomic mass is 10.1. The van der Waals surface area contributed by atoms with Gasteiger partial charge >= 0.3 is 12.1 Å². The molecule has 0 spiro atoms. The number of nitrogens with zero attached hydrogens (tertiary/aromatic N) is 4. The summed E-state index contributed by atoms with van der Waals surface area (Å²) in [5.41, 5.74) is 16.5. The van der Waals surface area contributed by atoms with E-state index < -0.39 is 44.2 Å². The molecule has 6 aromatic carbocycles. The van der Waals surface area contributed by atoms with Crippen molar-refractivity contribution >= 4 is 66.7 Å². The Kier molecular flexibility index (Phi) is 12.8. The fourth-order valence-corrected chi connectivity index (χ4v) is 11.3. The average Bonchev–Trinajstić information content (AvgIpc) is 4.15. The molecule has 2 fully saturated rings. The van der Waals surface area contributed by atoms with Crippen LogP contribution in [0.1, 0.15) is 55.1 Å². The van der Waals surface area contributed by atoms with Crippen molar-refractivity contribution in [1.29, 1.82) is 0 Å².